The Morgan fingerprint density at radius 1 is 1.08 bits per heavy atom. The standard InChI is InChI=1S/C22H26Cl2N4O3S.C2HF3O2/c1-27(13-9-16-3-5-17(6-4-16)22-25-11-12-26-22)21(29)10-14-28(2)32(30,31)20-8-7-18(23)15-19(20)24;3-2(4,5)1(6)7/h3-8,15H,9-14H2,1-2H3,(H,25,26);(H,6,7). The van der Waals surface area contributed by atoms with Crippen molar-refractivity contribution in [2.24, 2.45) is 4.99 Å². The summed E-state index contributed by atoms with van der Waals surface area (Å²) in [6, 6.07) is 12.3. The summed E-state index contributed by atoms with van der Waals surface area (Å²) in [6.45, 7) is 2.26. The smallest absolute Gasteiger partial charge is 0.475 e. The average Bonchev–Trinajstić information content (AvgIpc) is 3.40. The van der Waals surface area contributed by atoms with Crippen LogP contribution in [0.1, 0.15) is 17.5 Å². The van der Waals surface area contributed by atoms with Crippen molar-refractivity contribution >= 4 is 50.9 Å². The highest BCUT2D eigenvalue weighted by Gasteiger charge is 2.38. The molecule has 3 rings (SSSR count). The number of hydrogen-bond donors (Lipinski definition) is 2. The molecule has 214 valence electrons. The number of aliphatic carboxylic acids is 1. The van der Waals surface area contributed by atoms with E-state index in [1.807, 2.05) is 24.3 Å². The Balaban J connectivity index is 0.000000673. The third kappa shape index (κ3) is 9.67. The molecule has 0 aliphatic carbocycles. The molecule has 39 heavy (non-hydrogen) atoms. The molecule has 0 atom stereocenters. The molecule has 0 saturated carbocycles. The highest BCUT2D eigenvalue weighted by Crippen LogP contribution is 2.27. The van der Waals surface area contributed by atoms with E-state index in [-0.39, 0.29) is 28.8 Å². The van der Waals surface area contributed by atoms with E-state index in [1.165, 1.54) is 25.2 Å². The quantitative estimate of drug-likeness (QED) is 0.447. The van der Waals surface area contributed by atoms with E-state index in [1.54, 1.807) is 11.9 Å². The van der Waals surface area contributed by atoms with Gasteiger partial charge in [-0.05, 0) is 30.2 Å². The van der Waals surface area contributed by atoms with Crippen LogP contribution in [0.3, 0.4) is 0 Å². The number of amidine groups is 1. The summed E-state index contributed by atoms with van der Waals surface area (Å²) in [5, 5.41) is 10.8. The predicted octanol–water partition coefficient (Wildman–Crippen LogP) is 3.69. The van der Waals surface area contributed by atoms with Crippen molar-refractivity contribution in [3.63, 3.8) is 0 Å². The maximum atomic E-state index is 12.7. The topological polar surface area (TPSA) is 119 Å². The molecule has 0 unspecified atom stereocenters. The summed E-state index contributed by atoms with van der Waals surface area (Å²) >= 11 is 11.9. The molecule has 1 amide bonds. The lowest BCUT2D eigenvalue weighted by molar-refractivity contribution is -0.192. The number of hydrogen-bond acceptors (Lipinski definition) is 6. The van der Waals surface area contributed by atoms with Crippen LogP contribution >= 0.6 is 23.2 Å². The third-order valence-electron chi connectivity index (χ3n) is 5.53. The zero-order valence-electron chi connectivity index (χ0n) is 21.0. The van der Waals surface area contributed by atoms with Gasteiger partial charge >= 0.3 is 12.1 Å². The zero-order chi connectivity index (χ0) is 29.4. The number of carboxylic acid groups (broad SMARTS) is 1. The minimum absolute atomic E-state index is 0.0333. The number of likely N-dealkylation sites (N-methyl/N-ethyl adjacent to an activating group) is 1. The highest BCUT2D eigenvalue weighted by atomic mass is 35.5. The second-order valence-electron chi connectivity index (χ2n) is 8.37. The van der Waals surface area contributed by atoms with Gasteiger partial charge in [-0.15, -0.1) is 0 Å². The van der Waals surface area contributed by atoms with Gasteiger partial charge in [0.05, 0.1) is 11.6 Å². The Kier molecular flexibility index (Phi) is 11.6. The van der Waals surface area contributed by atoms with Gasteiger partial charge in [0.2, 0.25) is 15.9 Å². The minimum Gasteiger partial charge on any atom is -0.475 e. The molecule has 0 radical (unpaired) electrons. The van der Waals surface area contributed by atoms with Crippen LogP contribution in [-0.4, -0.2) is 86.9 Å². The van der Waals surface area contributed by atoms with Crippen molar-refractivity contribution < 1.29 is 36.3 Å². The molecule has 0 bridgehead atoms. The Hall–Kier alpha value is -2.87. The summed E-state index contributed by atoms with van der Waals surface area (Å²) in [4.78, 5) is 27.4. The Labute approximate surface area is 234 Å². The first kappa shape index (κ1) is 32.3. The molecule has 0 aromatic heterocycles. The molecule has 1 heterocycles. The zero-order valence-corrected chi connectivity index (χ0v) is 23.3. The van der Waals surface area contributed by atoms with Gasteiger partial charge in [-0.1, -0.05) is 47.5 Å². The molecule has 1 aliphatic rings. The Bertz CT molecular complexity index is 1310. The first-order chi connectivity index (χ1) is 18.1. The van der Waals surface area contributed by atoms with Crippen molar-refractivity contribution in [1.29, 1.82) is 0 Å². The third-order valence-corrected chi connectivity index (χ3v) is 8.10. The number of carbonyl (C=O) groups excluding carboxylic acids is 1. The molecule has 15 heteroatoms. The Morgan fingerprint density at radius 3 is 2.21 bits per heavy atom. The van der Waals surface area contributed by atoms with Gasteiger partial charge in [0, 0.05) is 50.7 Å². The van der Waals surface area contributed by atoms with Crippen LogP contribution in [0, 0.1) is 0 Å². The van der Waals surface area contributed by atoms with Crippen molar-refractivity contribution in [3.8, 4) is 0 Å². The molecule has 0 fully saturated rings. The van der Waals surface area contributed by atoms with Gasteiger partial charge in [0.25, 0.3) is 0 Å². The minimum atomic E-state index is -5.08. The summed E-state index contributed by atoms with van der Waals surface area (Å²) in [6.07, 6.45) is -4.31. The van der Waals surface area contributed by atoms with Gasteiger partial charge in [-0.2, -0.15) is 13.2 Å². The summed E-state index contributed by atoms with van der Waals surface area (Å²) in [7, 11) is -0.667. The number of carbonyl (C=O) groups is 2. The number of nitrogens with zero attached hydrogens (tertiary/aromatic N) is 3. The van der Waals surface area contributed by atoms with Gasteiger partial charge in [-0.25, -0.2) is 17.5 Å². The molecule has 2 aromatic carbocycles. The maximum absolute atomic E-state index is 12.7. The Morgan fingerprint density at radius 2 is 1.69 bits per heavy atom. The lowest BCUT2D eigenvalue weighted by Crippen LogP contribution is -2.34. The summed E-state index contributed by atoms with van der Waals surface area (Å²) < 4.78 is 58.3. The van der Waals surface area contributed by atoms with Gasteiger partial charge in [0.1, 0.15) is 10.7 Å². The SMILES string of the molecule is CN(CCc1ccc(C2=NCCN2)cc1)C(=O)CCN(C)S(=O)(=O)c1ccc(Cl)cc1Cl.O=C(O)C(F)(F)F. The molecule has 0 saturated heterocycles. The molecule has 2 N–H and O–H groups in total. The van der Waals surface area contributed by atoms with E-state index in [2.05, 4.69) is 10.3 Å². The number of benzene rings is 2. The van der Waals surface area contributed by atoms with E-state index in [4.69, 9.17) is 33.1 Å². The lowest BCUT2D eigenvalue weighted by atomic mass is 10.1. The second kappa shape index (κ2) is 14.0. The van der Waals surface area contributed by atoms with Crippen molar-refractivity contribution in [3.05, 3.63) is 63.6 Å². The van der Waals surface area contributed by atoms with Gasteiger partial charge in [0.15, 0.2) is 0 Å². The first-order valence-electron chi connectivity index (χ1n) is 11.5. The molecule has 2 aromatic rings. The number of sulfonamides is 1. The van der Waals surface area contributed by atoms with E-state index in [0.29, 0.717) is 18.0 Å². The van der Waals surface area contributed by atoms with Crippen LogP contribution in [0.4, 0.5) is 13.2 Å². The predicted molar refractivity (Wildman–Crippen MR) is 142 cm³/mol. The number of aliphatic imine (C=N–C) groups is 1. The van der Waals surface area contributed by atoms with Crippen LogP contribution in [0.25, 0.3) is 0 Å². The highest BCUT2D eigenvalue weighted by molar-refractivity contribution is 7.89. The van der Waals surface area contributed by atoms with Gasteiger partial charge < -0.3 is 15.3 Å². The number of carboxylic acids is 1. The number of halogens is 5. The van der Waals surface area contributed by atoms with Crippen molar-refractivity contribution in [2.75, 3.05) is 40.3 Å². The number of rotatable bonds is 9. The summed E-state index contributed by atoms with van der Waals surface area (Å²) in [5.74, 6) is -1.97. The van der Waals surface area contributed by atoms with Crippen LogP contribution in [-0.2, 0) is 26.0 Å². The largest absolute Gasteiger partial charge is 0.490 e. The lowest BCUT2D eigenvalue weighted by Gasteiger charge is -2.21. The fraction of sp³-hybridized carbons (Fsp3) is 0.375. The normalized spacial score (nSPS) is 13.3. The van der Waals surface area contributed by atoms with Crippen LogP contribution < -0.4 is 5.32 Å². The fourth-order valence-electron chi connectivity index (χ4n) is 3.26. The second-order valence-corrected chi connectivity index (χ2v) is 11.2. The van der Waals surface area contributed by atoms with E-state index < -0.39 is 22.2 Å². The van der Waals surface area contributed by atoms with Crippen molar-refractivity contribution in [1.82, 2.24) is 14.5 Å². The van der Waals surface area contributed by atoms with Crippen LogP contribution in [0.5, 0.6) is 0 Å². The van der Waals surface area contributed by atoms with E-state index in [0.717, 1.165) is 34.4 Å². The monoisotopic (exact) mass is 610 g/mol. The number of amides is 1. The summed E-state index contributed by atoms with van der Waals surface area (Å²) in [5.41, 5.74) is 2.17. The molecule has 1 aliphatic heterocycles. The molecular formula is C24H27Cl2F3N4O5S. The van der Waals surface area contributed by atoms with Crippen LogP contribution in [0.15, 0.2) is 52.4 Å². The van der Waals surface area contributed by atoms with E-state index >= 15 is 0 Å². The fourth-order valence-corrected chi connectivity index (χ4v) is 5.17. The number of alkyl halides is 3. The average molecular weight is 611 g/mol. The molecule has 9 nitrogen and oxygen atoms in total. The first-order valence-corrected chi connectivity index (χ1v) is 13.7. The van der Waals surface area contributed by atoms with Crippen LogP contribution in [0.2, 0.25) is 10.0 Å². The van der Waals surface area contributed by atoms with Gasteiger partial charge in [-0.3, -0.25) is 9.79 Å². The maximum Gasteiger partial charge on any atom is 0.490 e. The molecular weight excluding hydrogens is 584 g/mol. The number of nitrogens with one attached hydrogen (secondary N) is 1. The van der Waals surface area contributed by atoms with E-state index in [9.17, 15) is 26.4 Å². The molecule has 0 spiro atoms. The van der Waals surface area contributed by atoms with Crippen molar-refractivity contribution in [2.45, 2.75) is 23.9 Å².